The summed E-state index contributed by atoms with van der Waals surface area (Å²) >= 11 is 0. The summed E-state index contributed by atoms with van der Waals surface area (Å²) in [6.45, 7) is 2.53. The summed E-state index contributed by atoms with van der Waals surface area (Å²) < 4.78 is 5.36. The van der Waals surface area contributed by atoms with Crippen LogP contribution in [0.15, 0.2) is 24.3 Å². The second kappa shape index (κ2) is 4.07. The fourth-order valence-corrected chi connectivity index (χ4v) is 1.51. The number of benzene rings is 1. The molecule has 2 N–H and O–H groups in total. The van der Waals surface area contributed by atoms with Gasteiger partial charge in [0.25, 0.3) is 0 Å². The highest BCUT2D eigenvalue weighted by Crippen LogP contribution is 2.22. The molecule has 0 spiro atoms. The number of hydrogen-bond donors (Lipinski definition) is 1. The first-order chi connectivity index (χ1) is 7.74. The van der Waals surface area contributed by atoms with Crippen LogP contribution in [0.5, 0.6) is 5.75 Å². The van der Waals surface area contributed by atoms with Gasteiger partial charge in [-0.1, -0.05) is 0 Å². The van der Waals surface area contributed by atoms with E-state index >= 15 is 0 Å². The van der Waals surface area contributed by atoms with Gasteiger partial charge in [0, 0.05) is 11.5 Å². The average molecular weight is 213 g/mol. The number of pyridine rings is 1. The number of nitrogen functional groups attached to an aromatic ring is 1. The summed E-state index contributed by atoms with van der Waals surface area (Å²) in [6, 6.07) is 9.27. The van der Waals surface area contributed by atoms with Crippen molar-refractivity contribution in [2.45, 2.75) is 6.92 Å². The first-order valence-electron chi connectivity index (χ1n) is 4.97. The molecule has 2 aromatic rings. The fourth-order valence-electron chi connectivity index (χ4n) is 1.51. The highest BCUT2D eigenvalue weighted by Gasteiger charge is 2.04. The van der Waals surface area contributed by atoms with E-state index in [2.05, 4.69) is 4.98 Å². The van der Waals surface area contributed by atoms with Gasteiger partial charge in [0.05, 0.1) is 17.7 Å². The third-order valence-corrected chi connectivity index (χ3v) is 2.25. The molecule has 1 aromatic carbocycles. The predicted molar refractivity (Wildman–Crippen MR) is 62.0 cm³/mol. The standard InChI is InChI=1S/C12H11N3O/c1-2-16-10-4-3-8-5-9(7-13)12(14)15-11(8)6-10/h3-6H,2H2,1H3,(H2,14,15). The Morgan fingerprint density at radius 3 is 2.94 bits per heavy atom. The van der Waals surface area contributed by atoms with Crippen molar-refractivity contribution in [1.29, 1.82) is 5.26 Å². The van der Waals surface area contributed by atoms with E-state index in [0.29, 0.717) is 12.2 Å². The molecular weight excluding hydrogens is 202 g/mol. The maximum Gasteiger partial charge on any atom is 0.142 e. The summed E-state index contributed by atoms with van der Waals surface area (Å²) in [5, 5.41) is 9.71. The van der Waals surface area contributed by atoms with Crippen LogP contribution in [0.1, 0.15) is 12.5 Å². The Kier molecular flexibility index (Phi) is 2.61. The lowest BCUT2D eigenvalue weighted by molar-refractivity contribution is 0.340. The highest BCUT2D eigenvalue weighted by molar-refractivity contribution is 5.83. The summed E-state index contributed by atoms with van der Waals surface area (Å²) in [7, 11) is 0. The molecule has 0 bridgehead atoms. The first kappa shape index (κ1) is 10.2. The van der Waals surface area contributed by atoms with Gasteiger partial charge in [-0.3, -0.25) is 0 Å². The Hall–Kier alpha value is -2.28. The van der Waals surface area contributed by atoms with E-state index in [0.717, 1.165) is 16.7 Å². The molecule has 0 saturated heterocycles. The van der Waals surface area contributed by atoms with Crippen LogP contribution >= 0.6 is 0 Å². The molecule has 16 heavy (non-hydrogen) atoms. The van der Waals surface area contributed by atoms with Crippen molar-refractivity contribution in [3.05, 3.63) is 29.8 Å². The van der Waals surface area contributed by atoms with Crippen LogP contribution in [0.4, 0.5) is 5.82 Å². The predicted octanol–water partition coefficient (Wildman–Crippen LogP) is 2.09. The SMILES string of the molecule is CCOc1ccc2cc(C#N)c(N)nc2c1. The van der Waals surface area contributed by atoms with Gasteiger partial charge in [0.15, 0.2) is 0 Å². The molecule has 1 heterocycles. The van der Waals surface area contributed by atoms with Crippen LogP contribution in [0.2, 0.25) is 0 Å². The van der Waals surface area contributed by atoms with Crippen LogP contribution < -0.4 is 10.5 Å². The number of nitriles is 1. The zero-order chi connectivity index (χ0) is 11.5. The second-order valence-corrected chi connectivity index (χ2v) is 3.32. The Morgan fingerprint density at radius 1 is 1.44 bits per heavy atom. The van der Waals surface area contributed by atoms with Crippen LogP contribution in [0, 0.1) is 11.3 Å². The van der Waals surface area contributed by atoms with Crippen molar-refractivity contribution in [1.82, 2.24) is 4.98 Å². The van der Waals surface area contributed by atoms with Crippen LogP contribution in [0.25, 0.3) is 10.9 Å². The largest absolute Gasteiger partial charge is 0.494 e. The molecule has 0 radical (unpaired) electrons. The molecule has 0 aliphatic heterocycles. The summed E-state index contributed by atoms with van der Waals surface area (Å²) in [6.07, 6.45) is 0. The topological polar surface area (TPSA) is 71.9 Å². The zero-order valence-electron chi connectivity index (χ0n) is 8.90. The molecule has 0 unspecified atom stereocenters. The molecule has 0 saturated carbocycles. The molecule has 80 valence electrons. The number of nitrogens with zero attached hydrogens (tertiary/aromatic N) is 2. The second-order valence-electron chi connectivity index (χ2n) is 3.32. The fraction of sp³-hybridized carbons (Fsp3) is 0.167. The van der Waals surface area contributed by atoms with Gasteiger partial charge in [0.1, 0.15) is 17.6 Å². The maximum absolute atomic E-state index is 8.82. The third-order valence-electron chi connectivity index (χ3n) is 2.25. The monoisotopic (exact) mass is 213 g/mol. The van der Waals surface area contributed by atoms with E-state index < -0.39 is 0 Å². The number of rotatable bonds is 2. The minimum atomic E-state index is 0.253. The van der Waals surface area contributed by atoms with E-state index in [4.69, 9.17) is 15.7 Å². The zero-order valence-corrected chi connectivity index (χ0v) is 8.90. The van der Waals surface area contributed by atoms with Crippen molar-refractivity contribution in [3.63, 3.8) is 0 Å². The maximum atomic E-state index is 8.82. The number of fused-ring (bicyclic) bond motifs is 1. The summed E-state index contributed by atoms with van der Waals surface area (Å²) in [5.74, 6) is 1.01. The smallest absolute Gasteiger partial charge is 0.142 e. The van der Waals surface area contributed by atoms with Crippen LogP contribution in [-0.4, -0.2) is 11.6 Å². The van der Waals surface area contributed by atoms with Crippen molar-refractivity contribution in [2.75, 3.05) is 12.3 Å². The molecule has 0 aliphatic carbocycles. The van der Waals surface area contributed by atoms with Gasteiger partial charge < -0.3 is 10.5 Å². The summed E-state index contributed by atoms with van der Waals surface area (Å²) in [4.78, 5) is 4.16. The highest BCUT2D eigenvalue weighted by atomic mass is 16.5. The van der Waals surface area contributed by atoms with E-state index in [1.54, 1.807) is 6.07 Å². The Bertz CT molecular complexity index is 572. The van der Waals surface area contributed by atoms with Gasteiger partial charge in [-0.05, 0) is 25.1 Å². The molecular formula is C12H11N3O. The molecule has 0 fully saturated rings. The van der Waals surface area contributed by atoms with Gasteiger partial charge in [-0.15, -0.1) is 0 Å². The molecule has 0 aliphatic rings. The molecule has 4 nitrogen and oxygen atoms in total. The lowest BCUT2D eigenvalue weighted by Gasteiger charge is -2.05. The minimum absolute atomic E-state index is 0.253. The van der Waals surface area contributed by atoms with E-state index in [1.165, 1.54) is 0 Å². The average Bonchev–Trinajstić information content (AvgIpc) is 2.28. The lowest BCUT2D eigenvalue weighted by atomic mass is 10.1. The van der Waals surface area contributed by atoms with Crippen molar-refractivity contribution in [2.24, 2.45) is 0 Å². The van der Waals surface area contributed by atoms with Crippen molar-refractivity contribution in [3.8, 4) is 11.8 Å². The van der Waals surface area contributed by atoms with Gasteiger partial charge >= 0.3 is 0 Å². The number of hydrogen-bond acceptors (Lipinski definition) is 4. The first-order valence-corrected chi connectivity index (χ1v) is 4.97. The normalized spacial score (nSPS) is 10.0. The number of ether oxygens (including phenoxy) is 1. The Morgan fingerprint density at radius 2 is 2.25 bits per heavy atom. The Balaban J connectivity index is 2.59. The Labute approximate surface area is 93.3 Å². The third kappa shape index (κ3) is 1.75. The van der Waals surface area contributed by atoms with E-state index in [1.807, 2.05) is 31.2 Å². The van der Waals surface area contributed by atoms with Crippen molar-refractivity contribution >= 4 is 16.7 Å². The lowest BCUT2D eigenvalue weighted by Crippen LogP contribution is -1.96. The number of nitrogens with two attached hydrogens (primary N) is 1. The van der Waals surface area contributed by atoms with Crippen LogP contribution in [0.3, 0.4) is 0 Å². The molecule has 0 amide bonds. The minimum Gasteiger partial charge on any atom is -0.494 e. The quantitative estimate of drug-likeness (QED) is 0.829. The van der Waals surface area contributed by atoms with Crippen LogP contribution in [-0.2, 0) is 0 Å². The van der Waals surface area contributed by atoms with E-state index in [-0.39, 0.29) is 5.82 Å². The molecule has 0 atom stereocenters. The number of aromatic nitrogens is 1. The van der Waals surface area contributed by atoms with Gasteiger partial charge in [-0.2, -0.15) is 5.26 Å². The number of anilines is 1. The van der Waals surface area contributed by atoms with Crippen molar-refractivity contribution < 1.29 is 4.74 Å². The molecule has 2 rings (SSSR count). The molecule has 4 heteroatoms. The summed E-state index contributed by atoms with van der Waals surface area (Å²) in [5.41, 5.74) is 6.78. The molecule has 1 aromatic heterocycles. The van der Waals surface area contributed by atoms with E-state index in [9.17, 15) is 0 Å². The van der Waals surface area contributed by atoms with Gasteiger partial charge in [-0.25, -0.2) is 4.98 Å². The van der Waals surface area contributed by atoms with Gasteiger partial charge in [0.2, 0.25) is 0 Å².